The van der Waals surface area contributed by atoms with Crippen LogP contribution in [0.3, 0.4) is 0 Å². The molecule has 2 rings (SSSR count). The third kappa shape index (κ3) is 3.82. The summed E-state index contributed by atoms with van der Waals surface area (Å²) >= 11 is 0. The first-order valence-electron chi connectivity index (χ1n) is 7.34. The van der Waals surface area contributed by atoms with Crippen molar-refractivity contribution in [2.75, 3.05) is 13.7 Å². The molecular formula is C18H16F4O3. The van der Waals surface area contributed by atoms with Gasteiger partial charge in [0.05, 0.1) is 0 Å². The average Bonchev–Trinajstić information content (AvgIpc) is 2.63. The number of methoxy groups -OCH3 is 1. The zero-order valence-electron chi connectivity index (χ0n) is 13.3. The zero-order valence-corrected chi connectivity index (χ0v) is 13.3. The van der Waals surface area contributed by atoms with Crippen molar-refractivity contribution in [1.29, 1.82) is 0 Å². The molecule has 0 bridgehead atoms. The lowest BCUT2D eigenvalue weighted by atomic mass is 9.86. The number of ether oxygens (including phenoxy) is 2. The Morgan fingerprint density at radius 2 is 1.40 bits per heavy atom. The van der Waals surface area contributed by atoms with E-state index in [9.17, 15) is 22.4 Å². The Bertz CT molecular complexity index is 650. The van der Waals surface area contributed by atoms with Crippen LogP contribution in [0.15, 0.2) is 60.7 Å². The van der Waals surface area contributed by atoms with Crippen LogP contribution in [0.25, 0.3) is 0 Å². The third-order valence-electron chi connectivity index (χ3n) is 3.67. The van der Waals surface area contributed by atoms with Crippen LogP contribution >= 0.6 is 0 Å². The van der Waals surface area contributed by atoms with Gasteiger partial charge in [0, 0.05) is 7.11 Å². The third-order valence-corrected chi connectivity index (χ3v) is 3.67. The maximum atomic E-state index is 13.1. The van der Waals surface area contributed by atoms with Gasteiger partial charge in [-0.2, -0.15) is 8.78 Å². The number of carbonyl (C=O) groups excluding carboxylic acids is 1. The van der Waals surface area contributed by atoms with E-state index in [2.05, 4.69) is 4.74 Å². The Morgan fingerprint density at radius 1 is 0.960 bits per heavy atom. The summed E-state index contributed by atoms with van der Waals surface area (Å²) in [6.07, 6.45) is -3.94. The van der Waals surface area contributed by atoms with Gasteiger partial charge in [-0.25, -0.2) is 13.6 Å². The van der Waals surface area contributed by atoms with Crippen molar-refractivity contribution in [2.45, 2.75) is 17.9 Å². The molecule has 0 aliphatic rings. The van der Waals surface area contributed by atoms with Gasteiger partial charge in [0.2, 0.25) is 5.60 Å². The highest BCUT2D eigenvalue weighted by atomic mass is 19.3. The maximum absolute atomic E-state index is 13.1. The van der Waals surface area contributed by atoms with E-state index in [-0.39, 0.29) is 0 Å². The minimum absolute atomic E-state index is 0.328. The summed E-state index contributed by atoms with van der Waals surface area (Å²) in [6.45, 7) is -1.74. The summed E-state index contributed by atoms with van der Waals surface area (Å²) in [7, 11) is 1.21. The highest BCUT2D eigenvalue weighted by molar-refractivity contribution is 5.85. The molecule has 0 spiro atoms. The van der Waals surface area contributed by atoms with Crippen LogP contribution in [-0.2, 0) is 19.9 Å². The average molecular weight is 356 g/mol. The number of rotatable bonds is 7. The van der Waals surface area contributed by atoms with Crippen molar-refractivity contribution in [3.63, 3.8) is 0 Å². The predicted octanol–water partition coefficient (Wildman–Crippen LogP) is 4.02. The highest BCUT2D eigenvalue weighted by Gasteiger charge is 2.48. The van der Waals surface area contributed by atoms with Crippen molar-refractivity contribution in [3.05, 3.63) is 71.8 Å². The van der Waals surface area contributed by atoms with E-state index in [0.29, 0.717) is 11.1 Å². The largest absolute Gasteiger partial charge is 0.456 e. The molecule has 0 aliphatic carbocycles. The molecule has 2 aromatic carbocycles. The molecule has 134 valence electrons. The SMILES string of the molecule is COC(C(=O)OCC(F)(F)C(F)F)(c1ccccc1)c1ccccc1. The molecule has 25 heavy (non-hydrogen) atoms. The fraction of sp³-hybridized carbons (Fsp3) is 0.278. The summed E-state index contributed by atoms with van der Waals surface area (Å²) < 4.78 is 60.8. The molecule has 3 nitrogen and oxygen atoms in total. The second-order valence-corrected chi connectivity index (χ2v) is 5.26. The zero-order chi connectivity index (χ0) is 18.5. The molecular weight excluding hydrogens is 340 g/mol. The quantitative estimate of drug-likeness (QED) is 0.555. The topological polar surface area (TPSA) is 35.5 Å². The molecule has 0 amide bonds. The lowest BCUT2D eigenvalue weighted by Crippen LogP contribution is -2.43. The number of benzene rings is 2. The van der Waals surface area contributed by atoms with Gasteiger partial charge in [0.25, 0.3) is 0 Å². The molecule has 7 heteroatoms. The summed E-state index contributed by atoms with van der Waals surface area (Å²) in [4.78, 5) is 12.6. The summed E-state index contributed by atoms with van der Waals surface area (Å²) in [5.41, 5.74) is -1.19. The second-order valence-electron chi connectivity index (χ2n) is 5.26. The Balaban J connectivity index is 2.43. The highest BCUT2D eigenvalue weighted by Crippen LogP contribution is 2.35. The number of halogens is 4. The van der Waals surface area contributed by atoms with Crippen molar-refractivity contribution < 1.29 is 31.8 Å². The minimum atomic E-state index is -4.44. The van der Waals surface area contributed by atoms with Crippen LogP contribution in [0, 0.1) is 0 Å². The van der Waals surface area contributed by atoms with Crippen LogP contribution < -0.4 is 0 Å². The van der Waals surface area contributed by atoms with E-state index in [1.165, 1.54) is 7.11 Å². The standard InChI is InChI=1S/C18H16F4O3/c1-24-18(13-8-4-2-5-9-13,14-10-6-3-7-11-14)16(23)25-12-17(21,22)15(19)20/h2-11,15H,12H2,1H3. The lowest BCUT2D eigenvalue weighted by Gasteiger charge is -2.31. The molecule has 0 saturated carbocycles. The van der Waals surface area contributed by atoms with Crippen molar-refractivity contribution in [1.82, 2.24) is 0 Å². The smallest absolute Gasteiger partial charge is 0.348 e. The van der Waals surface area contributed by atoms with E-state index >= 15 is 0 Å². The van der Waals surface area contributed by atoms with Gasteiger partial charge >= 0.3 is 18.3 Å². The van der Waals surface area contributed by atoms with E-state index in [4.69, 9.17) is 4.74 Å². The van der Waals surface area contributed by atoms with Crippen LogP contribution in [-0.4, -0.2) is 32.0 Å². The Morgan fingerprint density at radius 3 is 1.76 bits per heavy atom. The van der Waals surface area contributed by atoms with Gasteiger partial charge < -0.3 is 9.47 Å². The van der Waals surface area contributed by atoms with Crippen LogP contribution in [0.4, 0.5) is 17.6 Å². The van der Waals surface area contributed by atoms with E-state index in [0.717, 1.165) is 0 Å². The first-order chi connectivity index (χ1) is 11.8. The van der Waals surface area contributed by atoms with Gasteiger partial charge in [-0.3, -0.25) is 0 Å². The van der Waals surface area contributed by atoms with Crippen molar-refractivity contribution >= 4 is 5.97 Å². The van der Waals surface area contributed by atoms with E-state index < -0.39 is 30.5 Å². The number of hydrogen-bond donors (Lipinski definition) is 0. The van der Waals surface area contributed by atoms with Crippen molar-refractivity contribution in [3.8, 4) is 0 Å². The van der Waals surface area contributed by atoms with E-state index in [1.54, 1.807) is 60.7 Å². The second kappa shape index (κ2) is 7.65. The predicted molar refractivity (Wildman–Crippen MR) is 82.6 cm³/mol. The lowest BCUT2D eigenvalue weighted by molar-refractivity contribution is -0.193. The Labute approximate surface area is 142 Å². The molecule has 0 N–H and O–H groups in total. The van der Waals surface area contributed by atoms with Crippen LogP contribution in [0.2, 0.25) is 0 Å². The van der Waals surface area contributed by atoms with Gasteiger partial charge in [-0.05, 0) is 11.1 Å². The number of carbonyl (C=O) groups is 1. The summed E-state index contributed by atoms with van der Waals surface area (Å²) in [5, 5.41) is 0. The van der Waals surface area contributed by atoms with Gasteiger partial charge in [0.15, 0.2) is 6.61 Å². The normalized spacial score (nSPS) is 12.2. The molecule has 0 atom stereocenters. The number of hydrogen-bond acceptors (Lipinski definition) is 3. The molecule has 0 saturated heterocycles. The first kappa shape index (κ1) is 18.9. The fourth-order valence-electron chi connectivity index (χ4n) is 2.39. The van der Waals surface area contributed by atoms with Crippen LogP contribution in [0.5, 0.6) is 0 Å². The molecule has 0 unspecified atom stereocenters. The summed E-state index contributed by atoms with van der Waals surface area (Å²) in [6, 6.07) is 16.2. The Kier molecular flexibility index (Phi) is 5.79. The number of esters is 1. The molecule has 0 aliphatic heterocycles. The minimum Gasteiger partial charge on any atom is -0.456 e. The molecule has 2 aromatic rings. The number of alkyl halides is 4. The first-order valence-corrected chi connectivity index (χ1v) is 7.34. The maximum Gasteiger partial charge on any atom is 0.348 e. The van der Waals surface area contributed by atoms with Crippen LogP contribution in [0.1, 0.15) is 11.1 Å². The summed E-state index contributed by atoms with van der Waals surface area (Å²) in [5.74, 6) is -5.64. The molecule has 0 heterocycles. The van der Waals surface area contributed by atoms with Gasteiger partial charge in [-0.15, -0.1) is 0 Å². The monoisotopic (exact) mass is 356 g/mol. The van der Waals surface area contributed by atoms with Crippen molar-refractivity contribution in [2.24, 2.45) is 0 Å². The Hall–Kier alpha value is -2.41. The van der Waals surface area contributed by atoms with Gasteiger partial charge in [-0.1, -0.05) is 60.7 Å². The fourth-order valence-corrected chi connectivity index (χ4v) is 2.39. The van der Waals surface area contributed by atoms with Gasteiger partial charge in [0.1, 0.15) is 0 Å². The van der Waals surface area contributed by atoms with E-state index in [1.807, 2.05) is 0 Å². The molecule has 0 radical (unpaired) electrons. The molecule has 0 aromatic heterocycles. The molecule has 0 fully saturated rings.